The molecule has 0 aliphatic rings. The van der Waals surface area contributed by atoms with Gasteiger partial charge in [0.1, 0.15) is 5.95 Å². The predicted octanol–water partition coefficient (Wildman–Crippen LogP) is 0.127. The van der Waals surface area contributed by atoms with Gasteiger partial charge in [-0.2, -0.15) is 4.57 Å². The summed E-state index contributed by atoms with van der Waals surface area (Å²) in [5.74, 6) is -0.325. The normalized spacial score (nSPS) is 11.2. The van der Waals surface area contributed by atoms with Crippen molar-refractivity contribution in [1.82, 2.24) is 0 Å². The largest absolute Gasteiger partial charge is 0.610 e. The van der Waals surface area contributed by atoms with Crippen LogP contribution < -0.4 is 9.67 Å². The fraction of sp³-hybridized carbons (Fsp3) is 0.222. The number of hydrogen-bond donors (Lipinski definition) is 0. The lowest BCUT2D eigenvalue weighted by Crippen LogP contribution is -2.27. The first kappa shape index (κ1) is 8.59. The zero-order valence-corrected chi connectivity index (χ0v) is 6.93. The van der Waals surface area contributed by atoms with Crippen molar-refractivity contribution in [3.8, 4) is 0 Å². The highest BCUT2D eigenvalue weighted by Gasteiger charge is 1.90. The molecule has 12 heavy (non-hydrogen) atoms. The van der Waals surface area contributed by atoms with E-state index in [4.69, 9.17) is 4.74 Å². The Balaban J connectivity index is 2.67. The van der Waals surface area contributed by atoms with Crippen LogP contribution in [0.4, 0.5) is 0 Å². The van der Waals surface area contributed by atoms with Crippen LogP contribution >= 0.6 is 0 Å². The van der Waals surface area contributed by atoms with E-state index in [1.165, 1.54) is 6.20 Å². The topological polar surface area (TPSA) is 36.2 Å². The van der Waals surface area contributed by atoms with Crippen molar-refractivity contribution in [3.05, 3.63) is 36.5 Å². The zero-order valence-electron chi connectivity index (χ0n) is 6.93. The van der Waals surface area contributed by atoms with Gasteiger partial charge in [0.25, 0.3) is 0 Å². The van der Waals surface area contributed by atoms with Gasteiger partial charge in [-0.25, -0.2) is 0 Å². The smallest absolute Gasteiger partial charge is 0.196 e. The molecule has 3 nitrogen and oxygen atoms in total. The third-order valence-electron chi connectivity index (χ3n) is 1.28. The summed E-state index contributed by atoms with van der Waals surface area (Å²) in [6.45, 7) is 2.18. The molecule has 0 aliphatic heterocycles. The quantitative estimate of drug-likeness (QED) is 0.471. The molecule has 1 rings (SSSR count). The molecule has 0 amide bonds. The highest BCUT2D eigenvalue weighted by Crippen LogP contribution is 1.85. The predicted molar refractivity (Wildman–Crippen MR) is 42.5 cm³/mol. The number of rotatable bonds is 3. The number of pyridine rings is 1. The van der Waals surface area contributed by atoms with Crippen molar-refractivity contribution >= 4 is 6.20 Å². The maximum Gasteiger partial charge on any atom is 0.196 e. The first-order valence-corrected chi connectivity index (χ1v) is 3.80. The van der Waals surface area contributed by atoms with Crippen molar-refractivity contribution in [1.29, 1.82) is 0 Å². The van der Waals surface area contributed by atoms with Gasteiger partial charge in [0, 0.05) is 12.1 Å². The van der Waals surface area contributed by atoms with E-state index in [2.05, 4.69) is 0 Å². The van der Waals surface area contributed by atoms with E-state index in [0.717, 1.165) is 0 Å². The van der Waals surface area contributed by atoms with Crippen LogP contribution in [0, 0.1) is 0 Å². The van der Waals surface area contributed by atoms with E-state index in [1.54, 1.807) is 23.9 Å². The highest BCUT2D eigenvalue weighted by molar-refractivity contribution is 5.06. The molecule has 0 spiro atoms. The average Bonchev–Trinajstić information content (AvgIpc) is 2.06. The summed E-state index contributed by atoms with van der Waals surface area (Å²) < 4.78 is 6.38. The van der Waals surface area contributed by atoms with Gasteiger partial charge in [0.05, 0.1) is 0 Å². The minimum atomic E-state index is -0.325. The van der Waals surface area contributed by atoms with Gasteiger partial charge in [-0.1, -0.05) is 13.0 Å². The SMILES string of the molecule is CCO/C([O-])=C/[n+]1ccccc1. The third kappa shape index (κ3) is 2.62. The monoisotopic (exact) mass is 165 g/mol. The van der Waals surface area contributed by atoms with E-state index >= 15 is 0 Å². The van der Waals surface area contributed by atoms with Crippen molar-refractivity contribution in [2.45, 2.75) is 6.92 Å². The Morgan fingerprint density at radius 3 is 2.67 bits per heavy atom. The summed E-state index contributed by atoms with van der Waals surface area (Å²) >= 11 is 0. The summed E-state index contributed by atoms with van der Waals surface area (Å²) in [7, 11) is 0. The molecule has 1 aromatic heterocycles. The molecular formula is C9H11NO2. The molecule has 1 aromatic rings. The van der Waals surface area contributed by atoms with Crippen LogP contribution in [-0.4, -0.2) is 6.61 Å². The first-order chi connectivity index (χ1) is 5.83. The van der Waals surface area contributed by atoms with E-state index in [-0.39, 0.29) is 5.95 Å². The number of aromatic nitrogens is 1. The lowest BCUT2D eigenvalue weighted by molar-refractivity contribution is -0.575. The van der Waals surface area contributed by atoms with Crippen LogP contribution in [0.25, 0.3) is 6.20 Å². The Morgan fingerprint density at radius 2 is 2.08 bits per heavy atom. The van der Waals surface area contributed by atoms with Gasteiger partial charge in [-0.3, -0.25) is 0 Å². The fourth-order valence-corrected chi connectivity index (χ4v) is 0.799. The molecule has 0 saturated carbocycles. The van der Waals surface area contributed by atoms with Gasteiger partial charge in [0.15, 0.2) is 18.6 Å². The van der Waals surface area contributed by atoms with Gasteiger partial charge < -0.3 is 9.84 Å². The van der Waals surface area contributed by atoms with E-state index in [0.29, 0.717) is 6.61 Å². The summed E-state index contributed by atoms with van der Waals surface area (Å²) in [5.41, 5.74) is 0. The van der Waals surface area contributed by atoms with Crippen molar-refractivity contribution in [2.75, 3.05) is 6.61 Å². The molecular weight excluding hydrogens is 154 g/mol. The summed E-state index contributed by atoms with van der Waals surface area (Å²) in [5, 5.41) is 10.9. The lowest BCUT2D eigenvalue weighted by Gasteiger charge is -2.08. The van der Waals surface area contributed by atoms with Gasteiger partial charge in [-0.05, 0) is 6.61 Å². The molecule has 0 N–H and O–H groups in total. The molecule has 0 fully saturated rings. The summed E-state index contributed by atoms with van der Waals surface area (Å²) in [6.07, 6.45) is 4.94. The Labute approximate surface area is 71.5 Å². The Kier molecular flexibility index (Phi) is 3.14. The summed E-state index contributed by atoms with van der Waals surface area (Å²) in [6, 6.07) is 5.57. The van der Waals surface area contributed by atoms with Crippen LogP contribution in [0.15, 0.2) is 36.5 Å². The minimum Gasteiger partial charge on any atom is -0.610 e. The maximum absolute atomic E-state index is 10.9. The minimum absolute atomic E-state index is 0.325. The van der Waals surface area contributed by atoms with Gasteiger partial charge in [-0.15, -0.1) is 0 Å². The molecule has 1 heterocycles. The van der Waals surface area contributed by atoms with Crippen molar-refractivity contribution in [2.24, 2.45) is 0 Å². The Hall–Kier alpha value is -1.51. The first-order valence-electron chi connectivity index (χ1n) is 3.80. The molecule has 0 bridgehead atoms. The van der Waals surface area contributed by atoms with Crippen molar-refractivity contribution in [3.63, 3.8) is 0 Å². The number of ether oxygens (including phenoxy) is 1. The second kappa shape index (κ2) is 4.38. The Morgan fingerprint density at radius 1 is 1.42 bits per heavy atom. The fourth-order valence-electron chi connectivity index (χ4n) is 0.799. The second-order valence-electron chi connectivity index (χ2n) is 2.20. The lowest BCUT2D eigenvalue weighted by atomic mass is 10.5. The van der Waals surface area contributed by atoms with Gasteiger partial charge in [0.2, 0.25) is 0 Å². The second-order valence-corrected chi connectivity index (χ2v) is 2.20. The number of nitrogens with zero attached hydrogens (tertiary/aromatic N) is 1. The zero-order chi connectivity index (χ0) is 8.81. The Bertz CT molecular complexity index is 256. The van der Waals surface area contributed by atoms with Crippen LogP contribution in [-0.2, 0) is 4.74 Å². The highest BCUT2D eigenvalue weighted by atomic mass is 16.6. The molecule has 0 saturated heterocycles. The molecule has 64 valence electrons. The molecule has 0 atom stereocenters. The number of hydrogen-bond acceptors (Lipinski definition) is 2. The summed E-state index contributed by atoms with van der Waals surface area (Å²) in [4.78, 5) is 0. The average molecular weight is 165 g/mol. The molecule has 0 aromatic carbocycles. The maximum atomic E-state index is 10.9. The standard InChI is InChI=1S/C9H11NO2/c1-2-12-9(11)8-10-6-4-3-5-7-10/h3-8H,2H2,1H3/b9-8+. The van der Waals surface area contributed by atoms with Crippen LogP contribution in [0.1, 0.15) is 6.92 Å². The third-order valence-corrected chi connectivity index (χ3v) is 1.28. The van der Waals surface area contributed by atoms with Crippen molar-refractivity contribution < 1.29 is 14.4 Å². The van der Waals surface area contributed by atoms with Crippen LogP contribution in [0.3, 0.4) is 0 Å². The van der Waals surface area contributed by atoms with E-state index in [9.17, 15) is 5.11 Å². The van der Waals surface area contributed by atoms with Crippen LogP contribution in [0.2, 0.25) is 0 Å². The molecule has 0 aliphatic carbocycles. The van der Waals surface area contributed by atoms with Gasteiger partial charge >= 0.3 is 0 Å². The molecule has 3 heteroatoms. The van der Waals surface area contributed by atoms with Crippen LogP contribution in [0.5, 0.6) is 0 Å². The van der Waals surface area contributed by atoms with E-state index in [1.807, 2.05) is 18.2 Å². The molecule has 0 unspecified atom stereocenters. The van der Waals surface area contributed by atoms with E-state index < -0.39 is 0 Å². The molecule has 0 radical (unpaired) electrons.